The summed E-state index contributed by atoms with van der Waals surface area (Å²) in [6.07, 6.45) is 1.43. The summed E-state index contributed by atoms with van der Waals surface area (Å²) in [4.78, 5) is 3.75. The molecule has 58 valence electrons. The predicted octanol–water partition coefficient (Wildman–Crippen LogP) is -0.277. The number of hydrogen-bond acceptors (Lipinski definition) is 3. The summed E-state index contributed by atoms with van der Waals surface area (Å²) in [6, 6.07) is 1.60. The van der Waals surface area contributed by atoms with Gasteiger partial charge in [0.2, 0.25) is 0 Å². The molecular formula is C6H7BClNO2. The van der Waals surface area contributed by atoms with Crippen molar-refractivity contribution < 1.29 is 10.0 Å². The second-order valence-electron chi connectivity index (χ2n) is 2.18. The van der Waals surface area contributed by atoms with E-state index < -0.39 is 7.12 Å². The topological polar surface area (TPSA) is 53.4 Å². The molecule has 1 aromatic heterocycles. The Kier molecular flexibility index (Phi) is 2.49. The summed E-state index contributed by atoms with van der Waals surface area (Å²) in [5.74, 6) is 0. The van der Waals surface area contributed by atoms with Gasteiger partial charge in [0, 0.05) is 11.2 Å². The van der Waals surface area contributed by atoms with Crippen molar-refractivity contribution in [2.75, 3.05) is 0 Å². The van der Waals surface area contributed by atoms with E-state index in [-0.39, 0.29) is 5.59 Å². The Labute approximate surface area is 69.8 Å². The van der Waals surface area contributed by atoms with Gasteiger partial charge >= 0.3 is 7.12 Å². The molecule has 0 atom stereocenters. The van der Waals surface area contributed by atoms with Crippen LogP contribution in [0.2, 0.25) is 5.02 Å². The molecule has 11 heavy (non-hydrogen) atoms. The van der Waals surface area contributed by atoms with Gasteiger partial charge in [-0.3, -0.25) is 4.98 Å². The minimum Gasteiger partial charge on any atom is -0.422 e. The summed E-state index contributed by atoms with van der Waals surface area (Å²) in [5, 5.41) is 18.0. The van der Waals surface area contributed by atoms with E-state index in [9.17, 15) is 0 Å². The standard InChI is InChI=1S/C6H7BClNO2/c1-4-5(8)2-3-9-6(4)7(10)11/h2-3,10-11H,1H3. The van der Waals surface area contributed by atoms with Crippen molar-refractivity contribution in [3.05, 3.63) is 22.8 Å². The number of aromatic nitrogens is 1. The molecule has 0 radical (unpaired) electrons. The highest BCUT2D eigenvalue weighted by atomic mass is 35.5. The zero-order valence-electron chi connectivity index (χ0n) is 5.95. The highest BCUT2D eigenvalue weighted by molar-refractivity contribution is 6.58. The second-order valence-corrected chi connectivity index (χ2v) is 2.58. The number of nitrogens with zero attached hydrogens (tertiary/aromatic N) is 1. The van der Waals surface area contributed by atoms with Crippen molar-refractivity contribution in [2.45, 2.75) is 6.92 Å². The number of hydrogen-bond donors (Lipinski definition) is 2. The molecule has 3 nitrogen and oxygen atoms in total. The molecule has 0 bridgehead atoms. The number of pyridine rings is 1. The molecule has 1 heterocycles. The second kappa shape index (κ2) is 3.22. The molecule has 0 spiro atoms. The van der Waals surface area contributed by atoms with E-state index in [2.05, 4.69) is 4.98 Å². The van der Waals surface area contributed by atoms with Crippen molar-refractivity contribution in [1.82, 2.24) is 4.98 Å². The van der Waals surface area contributed by atoms with Crippen LogP contribution in [0.1, 0.15) is 5.56 Å². The molecule has 0 unspecified atom stereocenters. The smallest absolute Gasteiger partial charge is 0.422 e. The van der Waals surface area contributed by atoms with Gasteiger partial charge in [0.1, 0.15) is 0 Å². The van der Waals surface area contributed by atoms with Crippen LogP contribution in [0.3, 0.4) is 0 Å². The van der Waals surface area contributed by atoms with E-state index in [0.29, 0.717) is 10.6 Å². The maximum absolute atomic E-state index is 8.76. The van der Waals surface area contributed by atoms with Crippen molar-refractivity contribution in [3.63, 3.8) is 0 Å². The predicted molar refractivity (Wildman–Crippen MR) is 43.8 cm³/mol. The van der Waals surface area contributed by atoms with Crippen LogP contribution in [0.5, 0.6) is 0 Å². The Bertz CT molecular complexity index is 267. The van der Waals surface area contributed by atoms with Crippen LogP contribution in [0, 0.1) is 6.92 Å². The lowest BCUT2D eigenvalue weighted by molar-refractivity contribution is 0.424. The molecule has 0 fully saturated rings. The van der Waals surface area contributed by atoms with Gasteiger partial charge in [-0.05, 0) is 18.6 Å². The normalized spacial score (nSPS) is 9.82. The average molecular weight is 171 g/mol. The molecule has 0 aliphatic heterocycles. The lowest BCUT2D eigenvalue weighted by Crippen LogP contribution is -2.34. The van der Waals surface area contributed by atoms with Gasteiger partial charge in [0.05, 0.1) is 5.59 Å². The maximum atomic E-state index is 8.76. The van der Waals surface area contributed by atoms with Gasteiger partial charge in [-0.1, -0.05) is 11.6 Å². The monoisotopic (exact) mass is 171 g/mol. The minimum atomic E-state index is -1.55. The van der Waals surface area contributed by atoms with Crippen LogP contribution >= 0.6 is 11.6 Å². The van der Waals surface area contributed by atoms with Crippen LogP contribution in [0.4, 0.5) is 0 Å². The SMILES string of the molecule is Cc1c(Cl)ccnc1B(O)O. The summed E-state index contributed by atoms with van der Waals surface area (Å²) in [5.41, 5.74) is 0.807. The van der Waals surface area contributed by atoms with Crippen molar-refractivity contribution in [1.29, 1.82) is 0 Å². The fourth-order valence-electron chi connectivity index (χ4n) is 0.787. The van der Waals surface area contributed by atoms with Gasteiger partial charge in [0.15, 0.2) is 0 Å². The quantitative estimate of drug-likeness (QED) is 0.572. The molecule has 2 N–H and O–H groups in total. The summed E-state index contributed by atoms with van der Waals surface area (Å²) in [6.45, 7) is 1.68. The summed E-state index contributed by atoms with van der Waals surface area (Å²) in [7, 11) is -1.55. The number of rotatable bonds is 1. The van der Waals surface area contributed by atoms with Gasteiger partial charge in [0.25, 0.3) is 0 Å². The van der Waals surface area contributed by atoms with Crippen molar-refractivity contribution in [2.24, 2.45) is 0 Å². The van der Waals surface area contributed by atoms with Crippen LogP contribution < -0.4 is 5.59 Å². The molecule has 0 saturated carbocycles. The molecule has 1 aromatic rings. The number of halogens is 1. The first-order chi connectivity index (χ1) is 5.13. The fraction of sp³-hybridized carbons (Fsp3) is 0.167. The average Bonchev–Trinajstić information content (AvgIpc) is 1.94. The lowest BCUT2D eigenvalue weighted by atomic mass is 9.82. The van der Waals surface area contributed by atoms with E-state index in [1.165, 1.54) is 6.20 Å². The van der Waals surface area contributed by atoms with Crippen LogP contribution in [0.25, 0.3) is 0 Å². The Balaban J connectivity index is 3.17. The Hall–Kier alpha value is -0.575. The van der Waals surface area contributed by atoms with Crippen LogP contribution in [-0.2, 0) is 0 Å². The van der Waals surface area contributed by atoms with Crippen molar-refractivity contribution >= 4 is 24.3 Å². The molecular weight excluding hydrogens is 164 g/mol. The first-order valence-corrected chi connectivity index (χ1v) is 3.48. The van der Waals surface area contributed by atoms with E-state index in [0.717, 1.165) is 0 Å². The first-order valence-electron chi connectivity index (χ1n) is 3.10. The lowest BCUT2D eigenvalue weighted by Gasteiger charge is -2.03. The Morgan fingerprint density at radius 1 is 1.55 bits per heavy atom. The van der Waals surface area contributed by atoms with Gasteiger partial charge in [-0.15, -0.1) is 0 Å². The molecule has 0 amide bonds. The highest BCUT2D eigenvalue weighted by Gasteiger charge is 2.16. The Morgan fingerprint density at radius 3 is 2.64 bits per heavy atom. The van der Waals surface area contributed by atoms with E-state index >= 15 is 0 Å². The molecule has 5 heteroatoms. The maximum Gasteiger partial charge on any atom is 0.508 e. The van der Waals surface area contributed by atoms with Gasteiger partial charge in [-0.25, -0.2) is 0 Å². The van der Waals surface area contributed by atoms with Crippen LogP contribution in [0.15, 0.2) is 12.3 Å². The molecule has 1 rings (SSSR count). The fourth-order valence-corrected chi connectivity index (χ4v) is 0.941. The zero-order valence-corrected chi connectivity index (χ0v) is 6.71. The molecule has 0 aliphatic carbocycles. The largest absolute Gasteiger partial charge is 0.508 e. The molecule has 0 aliphatic rings. The first kappa shape index (κ1) is 8.52. The van der Waals surface area contributed by atoms with E-state index in [1.54, 1.807) is 13.0 Å². The van der Waals surface area contributed by atoms with Crippen LogP contribution in [-0.4, -0.2) is 22.2 Å². The van der Waals surface area contributed by atoms with Crippen molar-refractivity contribution in [3.8, 4) is 0 Å². The zero-order chi connectivity index (χ0) is 8.43. The summed E-state index contributed by atoms with van der Waals surface area (Å²) >= 11 is 5.70. The summed E-state index contributed by atoms with van der Waals surface area (Å²) < 4.78 is 0. The van der Waals surface area contributed by atoms with E-state index in [4.69, 9.17) is 21.6 Å². The minimum absolute atomic E-state index is 0.206. The Morgan fingerprint density at radius 2 is 2.18 bits per heavy atom. The molecule has 0 saturated heterocycles. The molecule has 0 aromatic carbocycles. The third-order valence-corrected chi connectivity index (χ3v) is 1.83. The van der Waals surface area contributed by atoms with E-state index in [1.807, 2.05) is 0 Å². The van der Waals surface area contributed by atoms with Gasteiger partial charge in [-0.2, -0.15) is 0 Å². The van der Waals surface area contributed by atoms with Gasteiger partial charge < -0.3 is 10.0 Å². The highest BCUT2D eigenvalue weighted by Crippen LogP contribution is 2.09. The third-order valence-electron chi connectivity index (χ3n) is 1.42. The third kappa shape index (κ3) is 1.71.